The summed E-state index contributed by atoms with van der Waals surface area (Å²) in [5, 5.41) is 11.0. The maximum Gasteiger partial charge on any atom is 0.127 e. The molecular formula is C17H16ClFO. The third-order valence-electron chi connectivity index (χ3n) is 4.23. The minimum Gasteiger partial charge on any atom is -0.392 e. The second-order valence-corrected chi connectivity index (χ2v) is 5.85. The normalized spacial score (nSPS) is 17.8. The summed E-state index contributed by atoms with van der Waals surface area (Å²) >= 11 is 6.04. The number of aliphatic hydroxyl groups is 1. The summed E-state index contributed by atoms with van der Waals surface area (Å²) in [4.78, 5) is 0. The smallest absolute Gasteiger partial charge is 0.127 e. The van der Waals surface area contributed by atoms with Crippen molar-refractivity contribution in [2.45, 2.75) is 30.8 Å². The Hall–Kier alpha value is -1.38. The third kappa shape index (κ3) is 2.34. The van der Waals surface area contributed by atoms with Gasteiger partial charge in [-0.15, -0.1) is 0 Å². The molecule has 1 saturated carbocycles. The van der Waals surface area contributed by atoms with Crippen LogP contribution in [0.1, 0.15) is 24.0 Å². The molecule has 1 aliphatic rings. The first-order valence-electron chi connectivity index (χ1n) is 6.80. The highest BCUT2D eigenvalue weighted by molar-refractivity contribution is 6.31. The molecule has 1 fully saturated rings. The van der Waals surface area contributed by atoms with Gasteiger partial charge in [-0.05, 0) is 30.5 Å². The first kappa shape index (κ1) is 13.6. The first-order valence-corrected chi connectivity index (χ1v) is 7.18. The molecule has 1 N–H and O–H groups in total. The van der Waals surface area contributed by atoms with Gasteiger partial charge >= 0.3 is 0 Å². The maximum absolute atomic E-state index is 13.8. The largest absolute Gasteiger partial charge is 0.392 e. The molecule has 1 nitrogen and oxygen atoms in total. The average molecular weight is 291 g/mol. The number of rotatable bonds is 4. The van der Waals surface area contributed by atoms with Gasteiger partial charge in [0.25, 0.3) is 0 Å². The molecule has 2 aromatic carbocycles. The first-order chi connectivity index (χ1) is 9.63. The van der Waals surface area contributed by atoms with Gasteiger partial charge in [-0.3, -0.25) is 0 Å². The summed E-state index contributed by atoms with van der Waals surface area (Å²) in [6, 6.07) is 14.6. The fraction of sp³-hybridized carbons (Fsp3) is 0.294. The molecule has 20 heavy (non-hydrogen) atoms. The van der Waals surface area contributed by atoms with Crippen molar-refractivity contribution >= 4 is 11.6 Å². The molecule has 0 radical (unpaired) electrons. The predicted octanol–water partition coefficient (Wildman–Crippen LogP) is 4.11. The number of halogens is 2. The van der Waals surface area contributed by atoms with Crippen LogP contribution in [0.25, 0.3) is 0 Å². The highest BCUT2D eigenvalue weighted by atomic mass is 35.5. The van der Waals surface area contributed by atoms with Gasteiger partial charge in [0.2, 0.25) is 0 Å². The zero-order valence-electron chi connectivity index (χ0n) is 11.0. The molecule has 1 unspecified atom stereocenters. The van der Waals surface area contributed by atoms with E-state index in [1.54, 1.807) is 12.1 Å². The second-order valence-electron chi connectivity index (χ2n) is 5.44. The number of hydrogen-bond donors (Lipinski definition) is 1. The van der Waals surface area contributed by atoms with Gasteiger partial charge in [0.1, 0.15) is 5.82 Å². The van der Waals surface area contributed by atoms with Gasteiger partial charge in [-0.25, -0.2) is 4.39 Å². The van der Waals surface area contributed by atoms with Crippen molar-refractivity contribution in [1.82, 2.24) is 0 Å². The molecule has 3 rings (SSSR count). The lowest BCUT2D eigenvalue weighted by atomic mass is 9.86. The molecule has 0 aromatic heterocycles. The molecule has 1 atom stereocenters. The number of benzene rings is 2. The molecule has 0 saturated heterocycles. The van der Waals surface area contributed by atoms with E-state index in [-0.39, 0.29) is 17.7 Å². The van der Waals surface area contributed by atoms with Crippen molar-refractivity contribution in [3.05, 3.63) is 70.5 Å². The van der Waals surface area contributed by atoms with E-state index in [9.17, 15) is 9.50 Å². The van der Waals surface area contributed by atoms with Gasteiger partial charge < -0.3 is 5.11 Å². The van der Waals surface area contributed by atoms with E-state index in [1.165, 1.54) is 6.07 Å². The maximum atomic E-state index is 13.8. The Morgan fingerprint density at radius 3 is 2.40 bits per heavy atom. The Morgan fingerprint density at radius 1 is 1.10 bits per heavy atom. The predicted molar refractivity (Wildman–Crippen MR) is 78.5 cm³/mol. The Labute approximate surface area is 123 Å². The molecule has 2 aromatic rings. The van der Waals surface area contributed by atoms with Crippen LogP contribution in [0.15, 0.2) is 48.5 Å². The fourth-order valence-corrected chi connectivity index (χ4v) is 3.08. The quantitative estimate of drug-likeness (QED) is 0.898. The zero-order valence-corrected chi connectivity index (χ0v) is 11.8. The summed E-state index contributed by atoms with van der Waals surface area (Å²) in [5.41, 5.74) is 1.30. The lowest BCUT2D eigenvalue weighted by Crippen LogP contribution is -2.28. The van der Waals surface area contributed by atoms with Gasteiger partial charge in [-0.1, -0.05) is 48.0 Å². The van der Waals surface area contributed by atoms with Gasteiger partial charge in [0.15, 0.2) is 0 Å². The topological polar surface area (TPSA) is 20.2 Å². The van der Waals surface area contributed by atoms with Crippen LogP contribution < -0.4 is 0 Å². The number of aliphatic hydroxyl groups excluding tert-OH is 1. The molecular weight excluding hydrogens is 275 g/mol. The molecule has 0 heterocycles. The minimum absolute atomic E-state index is 0.229. The highest BCUT2D eigenvalue weighted by Crippen LogP contribution is 2.51. The van der Waals surface area contributed by atoms with Gasteiger partial charge in [-0.2, -0.15) is 0 Å². The van der Waals surface area contributed by atoms with Crippen LogP contribution in [0.3, 0.4) is 0 Å². The molecule has 0 aliphatic heterocycles. The minimum atomic E-state index is -0.612. The Morgan fingerprint density at radius 2 is 1.80 bits per heavy atom. The van der Waals surface area contributed by atoms with Crippen molar-refractivity contribution in [3.8, 4) is 0 Å². The summed E-state index contributed by atoms with van der Waals surface area (Å²) in [5.74, 6) is -0.347. The molecule has 0 bridgehead atoms. The van der Waals surface area contributed by atoms with Crippen LogP contribution in [0.5, 0.6) is 0 Å². The van der Waals surface area contributed by atoms with Crippen molar-refractivity contribution in [1.29, 1.82) is 0 Å². The van der Waals surface area contributed by atoms with Crippen molar-refractivity contribution in [2.24, 2.45) is 0 Å². The Bertz CT molecular complexity index is 587. The monoisotopic (exact) mass is 290 g/mol. The highest BCUT2D eigenvalue weighted by Gasteiger charge is 2.50. The van der Waals surface area contributed by atoms with E-state index in [0.717, 1.165) is 18.4 Å². The Balaban J connectivity index is 1.85. The molecule has 0 amide bonds. The summed E-state index contributed by atoms with van der Waals surface area (Å²) in [6.07, 6.45) is 1.51. The number of hydrogen-bond acceptors (Lipinski definition) is 1. The van der Waals surface area contributed by atoms with Crippen LogP contribution in [0, 0.1) is 5.82 Å². The SMILES string of the molecule is OC(Cc1c(F)cccc1Cl)C1(c2ccccc2)CC1. The molecule has 0 spiro atoms. The van der Waals surface area contributed by atoms with Crippen LogP contribution >= 0.6 is 11.6 Å². The standard InChI is InChI=1S/C17H16ClFO/c18-14-7-4-8-15(19)13(14)11-16(20)17(9-10-17)12-5-2-1-3-6-12/h1-8,16,20H,9-11H2. The zero-order chi connectivity index (χ0) is 14.2. The summed E-state index contributed by atoms with van der Waals surface area (Å²) < 4.78 is 13.8. The lowest BCUT2D eigenvalue weighted by Gasteiger charge is -2.23. The molecule has 1 aliphatic carbocycles. The second kappa shape index (κ2) is 5.19. The van der Waals surface area contributed by atoms with Gasteiger partial charge in [0.05, 0.1) is 6.10 Å². The van der Waals surface area contributed by atoms with Crippen LogP contribution in [-0.4, -0.2) is 11.2 Å². The van der Waals surface area contributed by atoms with Crippen molar-refractivity contribution < 1.29 is 9.50 Å². The fourth-order valence-electron chi connectivity index (χ4n) is 2.84. The van der Waals surface area contributed by atoms with Gasteiger partial charge in [0, 0.05) is 22.4 Å². The van der Waals surface area contributed by atoms with E-state index in [2.05, 4.69) is 0 Å². The summed E-state index contributed by atoms with van der Waals surface area (Å²) in [7, 11) is 0. The summed E-state index contributed by atoms with van der Waals surface area (Å²) in [6.45, 7) is 0. The van der Waals surface area contributed by atoms with E-state index in [1.807, 2.05) is 30.3 Å². The van der Waals surface area contributed by atoms with E-state index < -0.39 is 6.10 Å². The molecule has 3 heteroatoms. The molecule has 104 valence electrons. The van der Waals surface area contributed by atoms with E-state index in [0.29, 0.717) is 10.6 Å². The van der Waals surface area contributed by atoms with Crippen molar-refractivity contribution in [3.63, 3.8) is 0 Å². The lowest BCUT2D eigenvalue weighted by molar-refractivity contribution is 0.130. The van der Waals surface area contributed by atoms with Crippen LogP contribution in [-0.2, 0) is 11.8 Å². The van der Waals surface area contributed by atoms with E-state index in [4.69, 9.17) is 11.6 Å². The third-order valence-corrected chi connectivity index (χ3v) is 4.59. The van der Waals surface area contributed by atoms with Crippen LogP contribution in [0.4, 0.5) is 4.39 Å². The van der Waals surface area contributed by atoms with E-state index >= 15 is 0 Å². The Kier molecular flexibility index (Phi) is 3.53. The van der Waals surface area contributed by atoms with Crippen LogP contribution in [0.2, 0.25) is 5.02 Å². The van der Waals surface area contributed by atoms with Crippen molar-refractivity contribution in [2.75, 3.05) is 0 Å². The average Bonchev–Trinajstić information content (AvgIpc) is 3.25.